The molecular formula is C16H26O8. The fraction of sp³-hybridized carbons (Fsp3) is 0.750. The summed E-state index contributed by atoms with van der Waals surface area (Å²) in [5.74, 6) is -6.09. The van der Waals surface area contributed by atoms with Crippen molar-refractivity contribution in [3.05, 3.63) is 0 Å². The van der Waals surface area contributed by atoms with Gasteiger partial charge in [-0.3, -0.25) is 19.2 Å². The standard InChI is InChI=1S/C16H26O8/c1-2-10(12(16(23)24)6-4-8-14(19)20)9-11(15(21)22)5-3-7-13(17)18/h10-12H,2-9H2,1H3,(H,17,18)(H,19,20)(H,21,22)(H,23,24). The molecule has 0 amide bonds. The molecule has 0 fully saturated rings. The van der Waals surface area contributed by atoms with E-state index in [1.54, 1.807) is 6.92 Å². The van der Waals surface area contributed by atoms with Crippen molar-refractivity contribution >= 4 is 23.9 Å². The minimum absolute atomic E-state index is 0.123. The topological polar surface area (TPSA) is 149 Å². The molecule has 0 aliphatic carbocycles. The number of rotatable bonds is 14. The fourth-order valence-electron chi connectivity index (χ4n) is 2.86. The molecule has 3 atom stereocenters. The highest BCUT2D eigenvalue weighted by atomic mass is 16.4. The number of carboxylic acids is 4. The SMILES string of the molecule is CCC(CC(CCCC(=O)O)C(=O)O)C(CCCC(=O)O)C(=O)O. The van der Waals surface area contributed by atoms with E-state index in [0.29, 0.717) is 6.42 Å². The molecule has 0 aromatic carbocycles. The normalized spacial score (nSPS) is 14.5. The van der Waals surface area contributed by atoms with Crippen LogP contribution in [0.1, 0.15) is 58.3 Å². The zero-order valence-corrected chi connectivity index (χ0v) is 13.8. The van der Waals surface area contributed by atoms with Gasteiger partial charge in [0.15, 0.2) is 0 Å². The van der Waals surface area contributed by atoms with Crippen LogP contribution < -0.4 is 0 Å². The van der Waals surface area contributed by atoms with Gasteiger partial charge in [0.25, 0.3) is 0 Å². The summed E-state index contributed by atoms with van der Waals surface area (Å²) in [6.45, 7) is 1.77. The number of carboxylic acid groups (broad SMARTS) is 4. The lowest BCUT2D eigenvalue weighted by molar-refractivity contribution is -0.148. The van der Waals surface area contributed by atoms with Crippen LogP contribution in [0.2, 0.25) is 0 Å². The van der Waals surface area contributed by atoms with Gasteiger partial charge in [-0.15, -0.1) is 0 Å². The summed E-state index contributed by atoms with van der Waals surface area (Å²) < 4.78 is 0. The van der Waals surface area contributed by atoms with Gasteiger partial charge in [-0.25, -0.2) is 0 Å². The Morgan fingerprint density at radius 1 is 0.792 bits per heavy atom. The molecule has 0 saturated carbocycles. The molecule has 138 valence electrons. The zero-order chi connectivity index (χ0) is 18.7. The smallest absolute Gasteiger partial charge is 0.306 e. The Morgan fingerprint density at radius 2 is 1.29 bits per heavy atom. The highest BCUT2D eigenvalue weighted by Gasteiger charge is 2.31. The lowest BCUT2D eigenvalue weighted by atomic mass is 9.79. The predicted octanol–water partition coefficient (Wildman–Crippen LogP) is 2.31. The van der Waals surface area contributed by atoms with Gasteiger partial charge in [-0.2, -0.15) is 0 Å². The van der Waals surface area contributed by atoms with E-state index in [-0.39, 0.29) is 50.9 Å². The molecule has 0 heterocycles. The van der Waals surface area contributed by atoms with Crippen molar-refractivity contribution in [1.29, 1.82) is 0 Å². The van der Waals surface area contributed by atoms with E-state index in [2.05, 4.69) is 0 Å². The van der Waals surface area contributed by atoms with Crippen LogP contribution in [0.5, 0.6) is 0 Å². The first-order valence-corrected chi connectivity index (χ1v) is 8.08. The van der Waals surface area contributed by atoms with Crippen LogP contribution in [0.25, 0.3) is 0 Å². The summed E-state index contributed by atoms with van der Waals surface area (Å²) >= 11 is 0. The van der Waals surface area contributed by atoms with Gasteiger partial charge in [0.2, 0.25) is 0 Å². The Labute approximate surface area is 140 Å². The number of aliphatic carboxylic acids is 4. The summed E-state index contributed by atoms with van der Waals surface area (Å²) in [6, 6.07) is 0. The van der Waals surface area contributed by atoms with E-state index in [0.717, 1.165) is 0 Å². The molecule has 0 aliphatic heterocycles. The van der Waals surface area contributed by atoms with Gasteiger partial charge in [0.05, 0.1) is 11.8 Å². The number of hydrogen-bond acceptors (Lipinski definition) is 4. The van der Waals surface area contributed by atoms with Crippen LogP contribution in [-0.4, -0.2) is 44.3 Å². The number of hydrogen-bond donors (Lipinski definition) is 4. The van der Waals surface area contributed by atoms with Crippen LogP contribution in [0, 0.1) is 17.8 Å². The van der Waals surface area contributed by atoms with E-state index in [1.807, 2.05) is 0 Å². The maximum Gasteiger partial charge on any atom is 0.306 e. The van der Waals surface area contributed by atoms with Crippen molar-refractivity contribution in [3.8, 4) is 0 Å². The third-order valence-electron chi connectivity index (χ3n) is 4.20. The fourth-order valence-corrected chi connectivity index (χ4v) is 2.86. The molecule has 8 nitrogen and oxygen atoms in total. The Balaban J connectivity index is 4.81. The van der Waals surface area contributed by atoms with Gasteiger partial charge in [0.1, 0.15) is 0 Å². The van der Waals surface area contributed by atoms with Crippen molar-refractivity contribution in [2.24, 2.45) is 17.8 Å². The highest BCUT2D eigenvalue weighted by molar-refractivity contribution is 5.72. The molecule has 24 heavy (non-hydrogen) atoms. The summed E-state index contributed by atoms with van der Waals surface area (Å²) in [5.41, 5.74) is 0. The minimum atomic E-state index is -1.06. The molecule has 3 unspecified atom stereocenters. The van der Waals surface area contributed by atoms with Crippen molar-refractivity contribution in [2.75, 3.05) is 0 Å². The van der Waals surface area contributed by atoms with Crippen molar-refractivity contribution < 1.29 is 39.6 Å². The summed E-state index contributed by atoms with van der Waals surface area (Å²) in [5, 5.41) is 35.9. The Hall–Kier alpha value is -2.12. The van der Waals surface area contributed by atoms with Gasteiger partial charge in [-0.1, -0.05) is 13.3 Å². The first kappa shape index (κ1) is 21.9. The van der Waals surface area contributed by atoms with E-state index < -0.39 is 35.7 Å². The molecule has 0 aliphatic rings. The maximum atomic E-state index is 11.5. The van der Waals surface area contributed by atoms with Crippen molar-refractivity contribution in [1.82, 2.24) is 0 Å². The van der Waals surface area contributed by atoms with Gasteiger partial charge in [-0.05, 0) is 38.0 Å². The first-order chi connectivity index (χ1) is 11.2. The lowest BCUT2D eigenvalue weighted by Gasteiger charge is -2.25. The highest BCUT2D eigenvalue weighted by Crippen LogP contribution is 2.30. The first-order valence-electron chi connectivity index (χ1n) is 8.08. The van der Waals surface area contributed by atoms with Crippen LogP contribution >= 0.6 is 0 Å². The molecule has 0 aromatic heterocycles. The molecule has 0 aromatic rings. The second kappa shape index (κ2) is 11.4. The summed E-state index contributed by atoms with van der Waals surface area (Å²) in [6.07, 6.45) is 1.17. The van der Waals surface area contributed by atoms with Crippen LogP contribution in [0.4, 0.5) is 0 Å². The molecule has 0 spiro atoms. The monoisotopic (exact) mass is 346 g/mol. The third-order valence-corrected chi connectivity index (χ3v) is 4.20. The molecule has 8 heteroatoms. The van der Waals surface area contributed by atoms with Crippen molar-refractivity contribution in [3.63, 3.8) is 0 Å². The molecule has 0 radical (unpaired) electrons. The van der Waals surface area contributed by atoms with Gasteiger partial charge < -0.3 is 20.4 Å². The third kappa shape index (κ3) is 9.12. The average Bonchev–Trinajstić information content (AvgIpc) is 2.46. The van der Waals surface area contributed by atoms with Gasteiger partial charge in [0, 0.05) is 12.8 Å². The average molecular weight is 346 g/mol. The van der Waals surface area contributed by atoms with E-state index in [1.165, 1.54) is 0 Å². The Bertz CT molecular complexity index is 445. The molecule has 0 rings (SSSR count). The zero-order valence-electron chi connectivity index (χ0n) is 13.8. The largest absolute Gasteiger partial charge is 0.481 e. The molecule has 0 bridgehead atoms. The Kier molecular flexibility index (Phi) is 10.4. The molecule has 4 N–H and O–H groups in total. The summed E-state index contributed by atoms with van der Waals surface area (Å²) in [7, 11) is 0. The predicted molar refractivity (Wildman–Crippen MR) is 83.6 cm³/mol. The second-order valence-corrected chi connectivity index (χ2v) is 5.96. The molecule has 0 saturated heterocycles. The van der Waals surface area contributed by atoms with Crippen molar-refractivity contribution in [2.45, 2.75) is 58.3 Å². The van der Waals surface area contributed by atoms with Crippen LogP contribution in [-0.2, 0) is 19.2 Å². The van der Waals surface area contributed by atoms with Crippen LogP contribution in [0.15, 0.2) is 0 Å². The van der Waals surface area contributed by atoms with E-state index in [9.17, 15) is 29.4 Å². The van der Waals surface area contributed by atoms with Crippen LogP contribution in [0.3, 0.4) is 0 Å². The number of carbonyl (C=O) groups is 4. The maximum absolute atomic E-state index is 11.5. The molecular weight excluding hydrogens is 320 g/mol. The van der Waals surface area contributed by atoms with E-state index >= 15 is 0 Å². The Morgan fingerprint density at radius 3 is 1.67 bits per heavy atom. The van der Waals surface area contributed by atoms with Gasteiger partial charge >= 0.3 is 23.9 Å². The quantitative estimate of drug-likeness (QED) is 0.374. The van der Waals surface area contributed by atoms with E-state index in [4.69, 9.17) is 10.2 Å². The summed E-state index contributed by atoms with van der Waals surface area (Å²) in [4.78, 5) is 43.9. The minimum Gasteiger partial charge on any atom is -0.481 e. The lowest BCUT2D eigenvalue weighted by Crippen LogP contribution is -2.28. The second-order valence-electron chi connectivity index (χ2n) is 5.96.